The van der Waals surface area contributed by atoms with Crippen LogP contribution in [0.4, 0.5) is 0 Å². The SMILES string of the molecule is C=C(/C=C/C)CCC=C(C)CCC=CC. The van der Waals surface area contributed by atoms with Crippen molar-refractivity contribution in [1.82, 2.24) is 0 Å². The lowest BCUT2D eigenvalue weighted by atomic mass is 10.1. The van der Waals surface area contributed by atoms with Gasteiger partial charge < -0.3 is 0 Å². The molecule has 0 aliphatic rings. The number of hydrogen-bond acceptors (Lipinski definition) is 0. The van der Waals surface area contributed by atoms with Gasteiger partial charge in [-0.2, -0.15) is 0 Å². The first-order valence-corrected chi connectivity index (χ1v) is 5.78. The van der Waals surface area contributed by atoms with E-state index in [0.717, 1.165) is 19.3 Å². The highest BCUT2D eigenvalue weighted by Gasteiger charge is 1.90. The predicted octanol–water partition coefficient (Wildman–Crippen LogP) is 5.20. The van der Waals surface area contributed by atoms with E-state index in [1.165, 1.54) is 17.6 Å². The first kappa shape index (κ1) is 14.0. The van der Waals surface area contributed by atoms with E-state index >= 15 is 0 Å². The number of allylic oxidation sites excluding steroid dienone is 7. The van der Waals surface area contributed by atoms with Crippen molar-refractivity contribution in [2.45, 2.75) is 46.5 Å². The Hall–Kier alpha value is -1.04. The van der Waals surface area contributed by atoms with Crippen molar-refractivity contribution >= 4 is 0 Å². The molecule has 0 spiro atoms. The standard InChI is InChI=1S/C15H24/c1-5-7-8-11-15(4)13-9-12-14(3)10-6-2/h5-7,10,13H,3,8-9,11-12H2,1-2,4H3/b7-5?,10-6+,15-13?. The fourth-order valence-corrected chi connectivity index (χ4v) is 1.40. The Kier molecular flexibility index (Phi) is 8.85. The van der Waals surface area contributed by atoms with Crippen LogP contribution in [0.15, 0.2) is 48.1 Å². The monoisotopic (exact) mass is 204 g/mol. The van der Waals surface area contributed by atoms with E-state index < -0.39 is 0 Å². The first-order valence-electron chi connectivity index (χ1n) is 5.78. The van der Waals surface area contributed by atoms with Gasteiger partial charge in [-0.1, -0.05) is 48.1 Å². The summed E-state index contributed by atoms with van der Waals surface area (Å²) in [6, 6.07) is 0. The quantitative estimate of drug-likeness (QED) is 0.395. The zero-order valence-corrected chi connectivity index (χ0v) is 10.4. The van der Waals surface area contributed by atoms with Crippen LogP contribution in [-0.4, -0.2) is 0 Å². The molecule has 0 aromatic heterocycles. The molecule has 0 saturated heterocycles. The molecule has 0 aliphatic carbocycles. The van der Waals surface area contributed by atoms with Crippen LogP contribution in [0.1, 0.15) is 46.5 Å². The second kappa shape index (κ2) is 9.51. The fourth-order valence-electron chi connectivity index (χ4n) is 1.40. The summed E-state index contributed by atoms with van der Waals surface area (Å²) in [7, 11) is 0. The molecule has 0 aromatic rings. The van der Waals surface area contributed by atoms with E-state index in [-0.39, 0.29) is 0 Å². The van der Waals surface area contributed by atoms with Gasteiger partial charge in [-0.05, 0) is 46.5 Å². The summed E-state index contributed by atoms with van der Waals surface area (Å²) in [6.45, 7) is 10.3. The molecule has 0 rings (SSSR count). The summed E-state index contributed by atoms with van der Waals surface area (Å²) in [5, 5.41) is 0. The summed E-state index contributed by atoms with van der Waals surface area (Å²) in [5.41, 5.74) is 2.70. The van der Waals surface area contributed by atoms with Crippen LogP contribution in [0.5, 0.6) is 0 Å². The minimum atomic E-state index is 1.07. The van der Waals surface area contributed by atoms with Crippen molar-refractivity contribution in [3.8, 4) is 0 Å². The van der Waals surface area contributed by atoms with Gasteiger partial charge >= 0.3 is 0 Å². The smallest absolute Gasteiger partial charge is 0.0250 e. The van der Waals surface area contributed by atoms with Gasteiger partial charge in [0, 0.05) is 0 Å². The third kappa shape index (κ3) is 9.27. The Morgan fingerprint density at radius 1 is 1.07 bits per heavy atom. The molecule has 0 nitrogen and oxygen atoms in total. The summed E-state index contributed by atoms with van der Waals surface area (Å²) in [5.74, 6) is 0. The van der Waals surface area contributed by atoms with Gasteiger partial charge in [0.05, 0.1) is 0 Å². The van der Waals surface area contributed by atoms with Crippen molar-refractivity contribution in [3.05, 3.63) is 48.1 Å². The maximum Gasteiger partial charge on any atom is -0.0250 e. The normalized spacial score (nSPS) is 12.9. The van der Waals surface area contributed by atoms with Crippen LogP contribution in [0.25, 0.3) is 0 Å². The molecular formula is C15H24. The molecule has 0 heterocycles. The van der Waals surface area contributed by atoms with Gasteiger partial charge in [-0.3, -0.25) is 0 Å². The molecule has 0 amide bonds. The van der Waals surface area contributed by atoms with Crippen molar-refractivity contribution in [3.63, 3.8) is 0 Å². The summed E-state index contributed by atoms with van der Waals surface area (Å²) < 4.78 is 0. The highest BCUT2D eigenvalue weighted by atomic mass is 14.0. The number of hydrogen-bond donors (Lipinski definition) is 0. The second-order valence-corrected chi connectivity index (χ2v) is 3.86. The Labute approximate surface area is 95.1 Å². The van der Waals surface area contributed by atoms with Crippen LogP contribution in [0.3, 0.4) is 0 Å². The highest BCUT2D eigenvalue weighted by Crippen LogP contribution is 2.10. The molecule has 0 radical (unpaired) electrons. The first-order chi connectivity index (χ1) is 7.20. The molecule has 0 fully saturated rings. The van der Waals surface area contributed by atoms with E-state index in [4.69, 9.17) is 0 Å². The van der Waals surface area contributed by atoms with E-state index in [1.807, 2.05) is 13.0 Å². The summed E-state index contributed by atoms with van der Waals surface area (Å²) in [6.07, 6.45) is 15.3. The lowest BCUT2D eigenvalue weighted by molar-refractivity contribution is 0.933. The lowest BCUT2D eigenvalue weighted by Gasteiger charge is -1.99. The molecule has 0 unspecified atom stereocenters. The maximum absolute atomic E-state index is 3.99. The van der Waals surface area contributed by atoms with Gasteiger partial charge in [-0.25, -0.2) is 0 Å². The summed E-state index contributed by atoms with van der Waals surface area (Å²) >= 11 is 0. The van der Waals surface area contributed by atoms with E-state index in [2.05, 4.69) is 44.7 Å². The van der Waals surface area contributed by atoms with Gasteiger partial charge in [-0.15, -0.1) is 0 Å². The Bertz CT molecular complexity index is 251. The van der Waals surface area contributed by atoms with E-state index in [0.29, 0.717) is 0 Å². The van der Waals surface area contributed by atoms with Gasteiger partial charge in [0.1, 0.15) is 0 Å². The van der Waals surface area contributed by atoms with Crippen molar-refractivity contribution in [2.75, 3.05) is 0 Å². The van der Waals surface area contributed by atoms with Crippen molar-refractivity contribution in [1.29, 1.82) is 0 Å². The molecule has 0 heteroatoms. The fraction of sp³-hybridized carbons (Fsp3) is 0.467. The maximum atomic E-state index is 3.99. The minimum Gasteiger partial charge on any atom is -0.0958 e. The molecule has 0 bridgehead atoms. The van der Waals surface area contributed by atoms with Gasteiger partial charge in [0.15, 0.2) is 0 Å². The molecular weight excluding hydrogens is 180 g/mol. The third-order valence-corrected chi connectivity index (χ3v) is 2.30. The average molecular weight is 204 g/mol. The Morgan fingerprint density at radius 2 is 1.80 bits per heavy atom. The minimum absolute atomic E-state index is 1.07. The molecule has 84 valence electrons. The van der Waals surface area contributed by atoms with Gasteiger partial charge in [0.25, 0.3) is 0 Å². The zero-order valence-electron chi connectivity index (χ0n) is 10.4. The Balaban J connectivity index is 3.71. The molecule has 0 saturated carbocycles. The van der Waals surface area contributed by atoms with Crippen molar-refractivity contribution in [2.24, 2.45) is 0 Å². The predicted molar refractivity (Wildman–Crippen MR) is 71.0 cm³/mol. The topological polar surface area (TPSA) is 0 Å². The summed E-state index contributed by atoms with van der Waals surface area (Å²) in [4.78, 5) is 0. The van der Waals surface area contributed by atoms with E-state index in [9.17, 15) is 0 Å². The highest BCUT2D eigenvalue weighted by molar-refractivity contribution is 5.14. The lowest BCUT2D eigenvalue weighted by Crippen LogP contribution is -1.79. The molecule has 0 atom stereocenters. The van der Waals surface area contributed by atoms with Crippen LogP contribution in [0.2, 0.25) is 0 Å². The third-order valence-electron chi connectivity index (χ3n) is 2.30. The van der Waals surface area contributed by atoms with Crippen molar-refractivity contribution < 1.29 is 0 Å². The molecule has 15 heavy (non-hydrogen) atoms. The number of rotatable bonds is 7. The van der Waals surface area contributed by atoms with Crippen LogP contribution in [-0.2, 0) is 0 Å². The zero-order chi connectivity index (χ0) is 11.5. The molecule has 0 N–H and O–H groups in total. The largest absolute Gasteiger partial charge is 0.0958 e. The molecule has 0 aliphatic heterocycles. The second-order valence-electron chi connectivity index (χ2n) is 3.86. The molecule has 0 aromatic carbocycles. The van der Waals surface area contributed by atoms with Gasteiger partial charge in [0.2, 0.25) is 0 Å². The average Bonchev–Trinajstić information content (AvgIpc) is 2.18. The Morgan fingerprint density at radius 3 is 2.40 bits per heavy atom. The van der Waals surface area contributed by atoms with E-state index in [1.54, 1.807) is 0 Å². The van der Waals surface area contributed by atoms with Crippen LogP contribution in [0, 0.1) is 0 Å². The van der Waals surface area contributed by atoms with Crippen LogP contribution < -0.4 is 0 Å². The van der Waals surface area contributed by atoms with Crippen LogP contribution >= 0.6 is 0 Å².